The summed E-state index contributed by atoms with van der Waals surface area (Å²) in [5, 5.41) is 1.14. The molecule has 1 aliphatic rings. The lowest BCUT2D eigenvalue weighted by Crippen LogP contribution is -2.27. The molecular formula is C25H18BrCl2NO2S2. The van der Waals surface area contributed by atoms with E-state index in [9.17, 15) is 4.79 Å². The Morgan fingerprint density at radius 1 is 1.06 bits per heavy atom. The zero-order valence-corrected chi connectivity index (χ0v) is 22.4. The topological polar surface area (TPSA) is 29.5 Å². The summed E-state index contributed by atoms with van der Waals surface area (Å²) in [7, 11) is 0. The Morgan fingerprint density at radius 3 is 2.55 bits per heavy atom. The number of thioether (sulfide) groups is 1. The Bertz CT molecular complexity index is 1310. The summed E-state index contributed by atoms with van der Waals surface area (Å²) in [4.78, 5) is 15.2. The Labute approximate surface area is 220 Å². The molecule has 0 N–H and O–H groups in total. The van der Waals surface area contributed by atoms with E-state index >= 15 is 0 Å². The predicted octanol–water partition coefficient (Wildman–Crippen LogP) is 8.36. The van der Waals surface area contributed by atoms with Crippen LogP contribution in [-0.4, -0.2) is 10.2 Å². The van der Waals surface area contributed by atoms with Gasteiger partial charge in [-0.05, 0) is 88.9 Å². The summed E-state index contributed by atoms with van der Waals surface area (Å²) in [6.45, 7) is 4.37. The highest BCUT2D eigenvalue weighted by Gasteiger charge is 2.33. The number of aryl methyl sites for hydroxylation is 2. The number of anilines is 1. The van der Waals surface area contributed by atoms with Crippen molar-refractivity contribution in [3.63, 3.8) is 0 Å². The molecule has 1 amide bonds. The van der Waals surface area contributed by atoms with Crippen molar-refractivity contribution < 1.29 is 9.53 Å². The molecule has 0 atom stereocenters. The number of carbonyl (C=O) groups excluding carboxylic acids is 1. The molecule has 4 rings (SSSR count). The third-order valence-electron chi connectivity index (χ3n) is 5.19. The fourth-order valence-electron chi connectivity index (χ4n) is 3.22. The molecule has 3 nitrogen and oxygen atoms in total. The minimum absolute atomic E-state index is 0.123. The third kappa shape index (κ3) is 5.47. The van der Waals surface area contributed by atoms with E-state index in [0.717, 1.165) is 26.9 Å². The van der Waals surface area contributed by atoms with Crippen LogP contribution in [0.4, 0.5) is 5.69 Å². The highest BCUT2D eigenvalue weighted by molar-refractivity contribution is 9.10. The quantitative estimate of drug-likeness (QED) is 0.225. The van der Waals surface area contributed by atoms with Gasteiger partial charge in [0.15, 0.2) is 4.32 Å². The number of benzene rings is 3. The van der Waals surface area contributed by atoms with Crippen LogP contribution in [0.15, 0.2) is 64.0 Å². The molecular weight excluding hydrogens is 561 g/mol. The van der Waals surface area contributed by atoms with Crippen LogP contribution in [0.5, 0.6) is 5.75 Å². The van der Waals surface area contributed by atoms with Gasteiger partial charge in [0.1, 0.15) is 12.4 Å². The number of ether oxygens (including phenoxy) is 1. The van der Waals surface area contributed by atoms with Gasteiger partial charge in [-0.25, -0.2) is 0 Å². The van der Waals surface area contributed by atoms with Crippen molar-refractivity contribution in [2.24, 2.45) is 0 Å². The molecule has 1 heterocycles. The molecule has 0 aliphatic carbocycles. The number of rotatable bonds is 5. The van der Waals surface area contributed by atoms with Gasteiger partial charge >= 0.3 is 0 Å². The van der Waals surface area contributed by atoms with Gasteiger partial charge in [-0.3, -0.25) is 9.69 Å². The number of hydrogen-bond acceptors (Lipinski definition) is 4. The van der Waals surface area contributed by atoms with Crippen LogP contribution >= 0.6 is 63.1 Å². The second kappa shape index (κ2) is 10.2. The molecule has 8 heteroatoms. The van der Waals surface area contributed by atoms with Crippen molar-refractivity contribution >= 4 is 85.1 Å². The lowest BCUT2D eigenvalue weighted by atomic mass is 10.1. The van der Waals surface area contributed by atoms with Crippen molar-refractivity contribution in [2.45, 2.75) is 20.5 Å². The maximum Gasteiger partial charge on any atom is 0.270 e. The van der Waals surface area contributed by atoms with Gasteiger partial charge in [0.25, 0.3) is 5.91 Å². The standard InChI is InChI=1S/C25H18BrCl2NO2S2/c1-14-3-7-19(9-15(14)2)29-24(30)23(33-25(29)32)11-16-4-8-22(20(26)10-16)31-13-17-5-6-18(27)12-21(17)28/h3-12H,13H2,1-2H3/b23-11-. The van der Waals surface area contributed by atoms with Gasteiger partial charge in [0, 0.05) is 15.6 Å². The van der Waals surface area contributed by atoms with E-state index in [1.807, 2.05) is 62.4 Å². The summed E-state index contributed by atoms with van der Waals surface area (Å²) in [6, 6.07) is 16.9. The molecule has 3 aromatic carbocycles. The monoisotopic (exact) mass is 577 g/mol. The van der Waals surface area contributed by atoms with Gasteiger partial charge in [-0.2, -0.15) is 0 Å². The minimum Gasteiger partial charge on any atom is -0.488 e. The molecule has 1 aliphatic heterocycles. The van der Waals surface area contributed by atoms with Crippen LogP contribution < -0.4 is 9.64 Å². The first-order valence-electron chi connectivity index (χ1n) is 9.94. The highest BCUT2D eigenvalue weighted by Crippen LogP contribution is 2.37. The minimum atomic E-state index is -0.123. The van der Waals surface area contributed by atoms with Crippen LogP contribution in [0.1, 0.15) is 22.3 Å². The number of hydrogen-bond donors (Lipinski definition) is 0. The SMILES string of the molecule is Cc1ccc(N2C(=O)/C(=C/c3ccc(OCc4ccc(Cl)cc4Cl)c(Br)c3)SC2=S)cc1C. The van der Waals surface area contributed by atoms with Crippen molar-refractivity contribution in [1.82, 2.24) is 0 Å². The molecule has 33 heavy (non-hydrogen) atoms. The summed E-state index contributed by atoms with van der Waals surface area (Å²) >= 11 is 22.5. The van der Waals surface area contributed by atoms with E-state index in [2.05, 4.69) is 15.9 Å². The number of halogens is 3. The van der Waals surface area contributed by atoms with E-state index < -0.39 is 0 Å². The molecule has 0 saturated carbocycles. The lowest BCUT2D eigenvalue weighted by Gasteiger charge is -2.16. The maximum atomic E-state index is 13.1. The molecule has 0 bridgehead atoms. The predicted molar refractivity (Wildman–Crippen MR) is 147 cm³/mol. The van der Waals surface area contributed by atoms with Crippen LogP contribution in [0.2, 0.25) is 10.0 Å². The molecule has 1 saturated heterocycles. The second-order valence-corrected chi connectivity index (χ2v) is 10.9. The number of amides is 1. The Kier molecular flexibility index (Phi) is 7.51. The number of thiocarbonyl (C=S) groups is 1. The van der Waals surface area contributed by atoms with Crippen molar-refractivity contribution in [3.8, 4) is 5.75 Å². The molecule has 168 valence electrons. The zero-order valence-electron chi connectivity index (χ0n) is 17.7. The molecule has 0 aromatic heterocycles. The van der Waals surface area contributed by atoms with E-state index in [-0.39, 0.29) is 5.91 Å². The summed E-state index contributed by atoms with van der Waals surface area (Å²) < 4.78 is 7.20. The molecule has 0 unspecified atom stereocenters. The summed E-state index contributed by atoms with van der Waals surface area (Å²) in [5.41, 5.74) is 4.77. The normalized spacial score (nSPS) is 14.9. The largest absolute Gasteiger partial charge is 0.488 e. The summed E-state index contributed by atoms with van der Waals surface area (Å²) in [5.74, 6) is 0.544. The Morgan fingerprint density at radius 2 is 1.85 bits per heavy atom. The smallest absolute Gasteiger partial charge is 0.270 e. The molecule has 3 aromatic rings. The van der Waals surface area contributed by atoms with Gasteiger partial charge in [0.05, 0.1) is 15.1 Å². The first kappa shape index (κ1) is 24.3. The second-order valence-electron chi connectivity index (χ2n) is 7.50. The van der Waals surface area contributed by atoms with Crippen molar-refractivity contribution in [3.05, 3.63) is 96.3 Å². The number of nitrogens with zero attached hydrogens (tertiary/aromatic N) is 1. The average Bonchev–Trinajstić information content (AvgIpc) is 3.03. The van der Waals surface area contributed by atoms with Crippen molar-refractivity contribution in [1.29, 1.82) is 0 Å². The van der Waals surface area contributed by atoms with Gasteiger partial charge in [-0.1, -0.05) is 65.4 Å². The molecule has 0 spiro atoms. The first-order valence-corrected chi connectivity index (χ1v) is 12.7. The van der Waals surface area contributed by atoms with Crippen molar-refractivity contribution in [2.75, 3.05) is 4.90 Å². The maximum absolute atomic E-state index is 13.1. The van der Waals surface area contributed by atoms with Gasteiger partial charge < -0.3 is 4.74 Å². The van der Waals surface area contributed by atoms with Crippen LogP contribution in [0.25, 0.3) is 6.08 Å². The highest BCUT2D eigenvalue weighted by atomic mass is 79.9. The lowest BCUT2D eigenvalue weighted by molar-refractivity contribution is -0.113. The number of carbonyl (C=O) groups is 1. The van der Waals surface area contributed by atoms with Crippen LogP contribution in [0.3, 0.4) is 0 Å². The van der Waals surface area contributed by atoms with Gasteiger partial charge in [-0.15, -0.1) is 0 Å². The fraction of sp³-hybridized carbons (Fsp3) is 0.120. The van der Waals surface area contributed by atoms with Crippen LogP contribution in [-0.2, 0) is 11.4 Å². The van der Waals surface area contributed by atoms with Crippen LogP contribution in [0, 0.1) is 13.8 Å². The van der Waals surface area contributed by atoms with Gasteiger partial charge in [0.2, 0.25) is 0 Å². The van der Waals surface area contributed by atoms with E-state index in [4.69, 9.17) is 40.2 Å². The first-order chi connectivity index (χ1) is 15.7. The average molecular weight is 579 g/mol. The Hall–Kier alpha value is -1.83. The summed E-state index contributed by atoms with van der Waals surface area (Å²) in [6.07, 6.45) is 1.84. The molecule has 0 radical (unpaired) electrons. The van der Waals surface area contributed by atoms with E-state index in [1.54, 1.807) is 17.0 Å². The Balaban J connectivity index is 1.51. The van der Waals surface area contributed by atoms with E-state index in [1.165, 1.54) is 17.3 Å². The zero-order chi connectivity index (χ0) is 23.7. The fourth-order valence-corrected chi connectivity index (χ4v) is 5.50. The molecule has 1 fully saturated rings. The van der Waals surface area contributed by atoms with E-state index in [0.29, 0.717) is 31.6 Å². The third-order valence-corrected chi connectivity index (χ3v) is 7.70.